The Kier molecular flexibility index (Phi) is 4.54. The Morgan fingerprint density at radius 1 is 1.33 bits per heavy atom. The van der Waals surface area contributed by atoms with Crippen LogP contribution in [0.25, 0.3) is 0 Å². The number of carboxylic acid groups (broad SMARTS) is 1. The molecule has 0 aromatic carbocycles. The maximum absolute atomic E-state index is 11.2. The van der Waals surface area contributed by atoms with Gasteiger partial charge in [0.05, 0.1) is 6.10 Å². The van der Waals surface area contributed by atoms with E-state index in [1.165, 1.54) is 6.92 Å². The number of alkyl carbamates (subject to hydrolysis) is 1. The Labute approximate surface area is 88.2 Å². The second-order valence-electron chi connectivity index (χ2n) is 4.20. The van der Waals surface area contributed by atoms with E-state index in [4.69, 9.17) is 14.9 Å². The number of aliphatic hydroxyl groups is 1. The Hall–Kier alpha value is -1.30. The quantitative estimate of drug-likeness (QED) is 0.636. The van der Waals surface area contributed by atoms with Gasteiger partial charge in [-0.05, 0) is 27.7 Å². The van der Waals surface area contributed by atoms with Crippen LogP contribution in [0.2, 0.25) is 0 Å². The molecule has 3 N–H and O–H groups in total. The number of rotatable bonds is 3. The largest absolute Gasteiger partial charge is 0.480 e. The molecule has 0 fully saturated rings. The zero-order chi connectivity index (χ0) is 12.2. The summed E-state index contributed by atoms with van der Waals surface area (Å²) in [6.45, 7) is 6.25. The summed E-state index contributed by atoms with van der Waals surface area (Å²) in [5.74, 6) is -1.31. The Bertz CT molecular complexity index is 243. The molecule has 0 rings (SSSR count). The van der Waals surface area contributed by atoms with Crippen molar-refractivity contribution in [2.75, 3.05) is 0 Å². The highest BCUT2D eigenvalue weighted by atomic mass is 16.6. The van der Waals surface area contributed by atoms with Crippen molar-refractivity contribution in [3.8, 4) is 0 Å². The SMILES string of the molecule is C[C@H](O)[C@@H](NC(=O)OC(C)(C)C)C(=O)O. The molecule has 0 aromatic heterocycles. The summed E-state index contributed by atoms with van der Waals surface area (Å²) in [6.07, 6.45) is -2.05. The number of amides is 1. The van der Waals surface area contributed by atoms with Crippen LogP contribution in [0.4, 0.5) is 4.79 Å². The van der Waals surface area contributed by atoms with Crippen LogP contribution < -0.4 is 5.32 Å². The van der Waals surface area contributed by atoms with E-state index < -0.39 is 29.8 Å². The number of hydrogen-bond donors (Lipinski definition) is 3. The number of nitrogens with one attached hydrogen (secondary N) is 1. The van der Waals surface area contributed by atoms with E-state index in [9.17, 15) is 9.59 Å². The number of ether oxygens (including phenoxy) is 1. The number of aliphatic carboxylic acids is 1. The highest BCUT2D eigenvalue weighted by Crippen LogP contribution is 2.07. The van der Waals surface area contributed by atoms with Crippen LogP contribution in [0.5, 0.6) is 0 Å². The lowest BCUT2D eigenvalue weighted by atomic mass is 10.2. The first-order chi connectivity index (χ1) is 6.63. The van der Waals surface area contributed by atoms with Crippen molar-refractivity contribution in [1.29, 1.82) is 0 Å². The van der Waals surface area contributed by atoms with Crippen molar-refractivity contribution in [2.24, 2.45) is 0 Å². The summed E-state index contributed by atoms with van der Waals surface area (Å²) < 4.78 is 4.84. The molecule has 88 valence electrons. The molecule has 1 amide bonds. The number of carboxylic acids is 1. The molecule has 0 saturated heterocycles. The Morgan fingerprint density at radius 3 is 2.07 bits per heavy atom. The van der Waals surface area contributed by atoms with Crippen LogP contribution in [0, 0.1) is 0 Å². The van der Waals surface area contributed by atoms with Gasteiger partial charge in [-0.1, -0.05) is 0 Å². The fourth-order valence-corrected chi connectivity index (χ4v) is 0.823. The molecular weight excluding hydrogens is 202 g/mol. The number of aliphatic hydroxyl groups excluding tert-OH is 1. The molecule has 0 aliphatic carbocycles. The third-order valence-corrected chi connectivity index (χ3v) is 1.42. The summed E-state index contributed by atoms with van der Waals surface area (Å²) in [4.78, 5) is 21.8. The van der Waals surface area contributed by atoms with Gasteiger partial charge in [0.25, 0.3) is 0 Å². The molecular formula is C9H17NO5. The molecule has 2 atom stereocenters. The van der Waals surface area contributed by atoms with Crippen LogP contribution in [0.3, 0.4) is 0 Å². The Balaban J connectivity index is 4.31. The molecule has 0 spiro atoms. The monoisotopic (exact) mass is 219 g/mol. The minimum Gasteiger partial charge on any atom is -0.480 e. The molecule has 0 aliphatic heterocycles. The molecule has 0 unspecified atom stereocenters. The van der Waals surface area contributed by atoms with Crippen LogP contribution in [-0.2, 0) is 9.53 Å². The van der Waals surface area contributed by atoms with Crippen LogP contribution in [-0.4, -0.2) is 40.0 Å². The summed E-state index contributed by atoms with van der Waals surface area (Å²) >= 11 is 0. The fraction of sp³-hybridized carbons (Fsp3) is 0.778. The highest BCUT2D eigenvalue weighted by molar-refractivity contribution is 5.80. The van der Waals surface area contributed by atoms with Gasteiger partial charge < -0.3 is 20.3 Å². The normalized spacial score (nSPS) is 15.3. The standard InChI is InChI=1S/C9H17NO5/c1-5(11)6(7(12)13)10-8(14)15-9(2,3)4/h5-6,11H,1-4H3,(H,10,14)(H,12,13)/t5-,6+/m0/s1. The van der Waals surface area contributed by atoms with Gasteiger partial charge >= 0.3 is 12.1 Å². The van der Waals surface area contributed by atoms with Crippen LogP contribution >= 0.6 is 0 Å². The Morgan fingerprint density at radius 2 is 1.80 bits per heavy atom. The van der Waals surface area contributed by atoms with Gasteiger partial charge in [0.1, 0.15) is 5.60 Å². The topological polar surface area (TPSA) is 95.9 Å². The average Bonchev–Trinajstić information content (AvgIpc) is 1.95. The van der Waals surface area contributed by atoms with Gasteiger partial charge in [-0.3, -0.25) is 0 Å². The van der Waals surface area contributed by atoms with Gasteiger partial charge in [-0.2, -0.15) is 0 Å². The van der Waals surface area contributed by atoms with Gasteiger partial charge in [0.2, 0.25) is 0 Å². The van der Waals surface area contributed by atoms with E-state index in [1.54, 1.807) is 20.8 Å². The van der Waals surface area contributed by atoms with E-state index in [-0.39, 0.29) is 0 Å². The number of carbonyl (C=O) groups is 2. The predicted octanol–water partition coefficient (Wildman–Crippen LogP) is 0.345. The third kappa shape index (κ3) is 5.90. The van der Waals surface area contributed by atoms with Crippen molar-refractivity contribution in [3.05, 3.63) is 0 Å². The molecule has 6 nitrogen and oxygen atoms in total. The van der Waals surface area contributed by atoms with Crippen molar-refractivity contribution in [2.45, 2.75) is 45.4 Å². The third-order valence-electron chi connectivity index (χ3n) is 1.42. The van der Waals surface area contributed by atoms with Gasteiger partial charge in [-0.15, -0.1) is 0 Å². The zero-order valence-electron chi connectivity index (χ0n) is 9.27. The second kappa shape index (κ2) is 4.97. The second-order valence-corrected chi connectivity index (χ2v) is 4.20. The smallest absolute Gasteiger partial charge is 0.408 e. The minimum atomic E-state index is -1.36. The maximum atomic E-state index is 11.2. The van der Waals surface area contributed by atoms with Gasteiger partial charge in [0, 0.05) is 0 Å². The predicted molar refractivity (Wildman–Crippen MR) is 52.5 cm³/mol. The molecule has 0 aromatic rings. The number of hydrogen-bond acceptors (Lipinski definition) is 4. The molecule has 0 heterocycles. The lowest BCUT2D eigenvalue weighted by Crippen LogP contribution is -2.49. The lowest BCUT2D eigenvalue weighted by Gasteiger charge is -2.22. The van der Waals surface area contributed by atoms with E-state index in [0.717, 1.165) is 0 Å². The maximum Gasteiger partial charge on any atom is 0.408 e. The molecule has 0 saturated carbocycles. The highest BCUT2D eigenvalue weighted by Gasteiger charge is 2.27. The first-order valence-electron chi connectivity index (χ1n) is 4.54. The molecule has 6 heteroatoms. The van der Waals surface area contributed by atoms with Gasteiger partial charge in [0.15, 0.2) is 6.04 Å². The van der Waals surface area contributed by atoms with Crippen LogP contribution in [0.1, 0.15) is 27.7 Å². The van der Waals surface area contributed by atoms with Crippen molar-refractivity contribution in [3.63, 3.8) is 0 Å². The first kappa shape index (κ1) is 13.7. The fourth-order valence-electron chi connectivity index (χ4n) is 0.823. The van der Waals surface area contributed by atoms with E-state index in [1.807, 2.05) is 0 Å². The first-order valence-corrected chi connectivity index (χ1v) is 4.54. The molecule has 0 aliphatic rings. The zero-order valence-corrected chi connectivity index (χ0v) is 9.27. The van der Waals surface area contributed by atoms with E-state index >= 15 is 0 Å². The summed E-state index contributed by atoms with van der Waals surface area (Å²) in [5.41, 5.74) is -0.703. The number of carbonyl (C=O) groups excluding carboxylic acids is 1. The minimum absolute atomic E-state index is 0.703. The molecule has 15 heavy (non-hydrogen) atoms. The van der Waals surface area contributed by atoms with Crippen LogP contribution in [0.15, 0.2) is 0 Å². The lowest BCUT2D eigenvalue weighted by molar-refractivity contribution is -0.142. The van der Waals surface area contributed by atoms with E-state index in [2.05, 4.69) is 5.32 Å². The summed E-state index contributed by atoms with van der Waals surface area (Å²) in [5, 5.41) is 19.8. The summed E-state index contributed by atoms with van der Waals surface area (Å²) in [7, 11) is 0. The van der Waals surface area contributed by atoms with Crippen molar-refractivity contribution >= 4 is 12.1 Å². The van der Waals surface area contributed by atoms with Crippen molar-refractivity contribution in [1.82, 2.24) is 5.32 Å². The molecule has 0 bridgehead atoms. The summed E-state index contributed by atoms with van der Waals surface area (Å²) in [6, 6.07) is -1.36. The van der Waals surface area contributed by atoms with Crippen molar-refractivity contribution < 1.29 is 24.5 Å². The van der Waals surface area contributed by atoms with Gasteiger partial charge in [-0.25, -0.2) is 9.59 Å². The average molecular weight is 219 g/mol. The van der Waals surface area contributed by atoms with E-state index in [0.29, 0.717) is 0 Å². The molecule has 0 radical (unpaired) electrons.